The number of thiophene rings is 1. The van der Waals surface area contributed by atoms with E-state index in [1.807, 2.05) is 49.6 Å². The predicted octanol–water partition coefficient (Wildman–Crippen LogP) is 5.21. The summed E-state index contributed by atoms with van der Waals surface area (Å²) in [6.45, 7) is 3.83. The van der Waals surface area contributed by atoms with E-state index in [2.05, 4.69) is 0 Å². The molecule has 0 aliphatic heterocycles. The number of aryl methyl sites for hydroxylation is 1. The molecule has 0 amide bonds. The molecule has 25 heavy (non-hydrogen) atoms. The number of esters is 1. The van der Waals surface area contributed by atoms with Crippen molar-refractivity contribution in [1.82, 2.24) is 0 Å². The second kappa shape index (κ2) is 7.45. The SMILES string of the molecule is Cc1ccc(C(C)OC(=O)c2ccccc2C(=O)c2cccs2)cc1. The van der Waals surface area contributed by atoms with Gasteiger partial charge in [-0.05, 0) is 36.9 Å². The molecule has 1 unspecified atom stereocenters. The summed E-state index contributed by atoms with van der Waals surface area (Å²) < 4.78 is 5.58. The molecule has 0 radical (unpaired) electrons. The van der Waals surface area contributed by atoms with Gasteiger partial charge in [-0.1, -0.05) is 54.1 Å². The highest BCUT2D eigenvalue weighted by Crippen LogP contribution is 2.23. The van der Waals surface area contributed by atoms with Gasteiger partial charge in [0.1, 0.15) is 6.10 Å². The van der Waals surface area contributed by atoms with Crippen molar-refractivity contribution in [3.05, 3.63) is 93.2 Å². The van der Waals surface area contributed by atoms with Crippen LogP contribution in [-0.4, -0.2) is 11.8 Å². The third kappa shape index (κ3) is 3.86. The van der Waals surface area contributed by atoms with Crippen molar-refractivity contribution in [2.24, 2.45) is 0 Å². The van der Waals surface area contributed by atoms with Crippen LogP contribution >= 0.6 is 11.3 Å². The van der Waals surface area contributed by atoms with Crippen LogP contribution in [0.4, 0.5) is 0 Å². The van der Waals surface area contributed by atoms with Gasteiger partial charge in [0.25, 0.3) is 0 Å². The summed E-state index contributed by atoms with van der Waals surface area (Å²) in [4.78, 5) is 25.9. The fourth-order valence-electron chi connectivity index (χ4n) is 2.53. The van der Waals surface area contributed by atoms with Crippen molar-refractivity contribution in [3.63, 3.8) is 0 Å². The maximum atomic E-state index is 12.6. The first-order chi connectivity index (χ1) is 12.1. The molecular weight excluding hydrogens is 332 g/mol. The minimum atomic E-state index is -0.492. The van der Waals surface area contributed by atoms with E-state index in [1.54, 1.807) is 30.3 Å². The Morgan fingerprint density at radius 2 is 1.60 bits per heavy atom. The maximum absolute atomic E-state index is 12.6. The molecule has 126 valence electrons. The lowest BCUT2D eigenvalue weighted by Crippen LogP contribution is -2.14. The summed E-state index contributed by atoms with van der Waals surface area (Å²) in [7, 11) is 0. The van der Waals surface area contributed by atoms with Crippen LogP contribution in [0.25, 0.3) is 0 Å². The van der Waals surface area contributed by atoms with Gasteiger partial charge < -0.3 is 4.74 Å². The van der Waals surface area contributed by atoms with Gasteiger partial charge in [-0.2, -0.15) is 0 Å². The molecule has 0 N–H and O–H groups in total. The van der Waals surface area contributed by atoms with Crippen LogP contribution in [0.5, 0.6) is 0 Å². The number of hydrogen-bond donors (Lipinski definition) is 0. The summed E-state index contributed by atoms with van der Waals surface area (Å²) in [5, 5.41) is 1.84. The molecular formula is C21H18O3S. The van der Waals surface area contributed by atoms with Crippen LogP contribution in [0, 0.1) is 6.92 Å². The van der Waals surface area contributed by atoms with Gasteiger partial charge in [0.05, 0.1) is 10.4 Å². The van der Waals surface area contributed by atoms with Crippen LogP contribution in [0.1, 0.15) is 49.7 Å². The van der Waals surface area contributed by atoms with E-state index < -0.39 is 12.1 Å². The Morgan fingerprint density at radius 3 is 2.24 bits per heavy atom. The van der Waals surface area contributed by atoms with E-state index in [-0.39, 0.29) is 5.78 Å². The van der Waals surface area contributed by atoms with E-state index >= 15 is 0 Å². The molecule has 2 aromatic carbocycles. The fourth-order valence-corrected chi connectivity index (χ4v) is 3.21. The first kappa shape index (κ1) is 17.1. The zero-order valence-electron chi connectivity index (χ0n) is 14.1. The third-order valence-electron chi connectivity index (χ3n) is 3.97. The highest BCUT2D eigenvalue weighted by Gasteiger charge is 2.21. The Balaban J connectivity index is 1.83. The minimum absolute atomic E-state index is 0.162. The summed E-state index contributed by atoms with van der Waals surface area (Å²) >= 11 is 1.36. The van der Waals surface area contributed by atoms with E-state index in [1.165, 1.54) is 11.3 Å². The molecule has 0 saturated heterocycles. The third-order valence-corrected chi connectivity index (χ3v) is 4.84. The zero-order valence-corrected chi connectivity index (χ0v) is 14.9. The summed E-state index contributed by atoms with van der Waals surface area (Å²) in [5.74, 6) is -0.654. The van der Waals surface area contributed by atoms with Crippen molar-refractivity contribution in [2.45, 2.75) is 20.0 Å². The van der Waals surface area contributed by atoms with E-state index in [0.717, 1.165) is 11.1 Å². The molecule has 1 aromatic heterocycles. The Hall–Kier alpha value is -2.72. The fraction of sp³-hybridized carbons (Fsp3) is 0.143. The Bertz CT molecular complexity index is 880. The molecule has 4 heteroatoms. The van der Waals surface area contributed by atoms with Gasteiger partial charge in [-0.25, -0.2) is 4.79 Å². The lowest BCUT2D eigenvalue weighted by atomic mass is 10.0. The molecule has 0 bridgehead atoms. The Kier molecular flexibility index (Phi) is 5.10. The summed E-state index contributed by atoms with van der Waals surface area (Å²) in [6, 6.07) is 18.2. The topological polar surface area (TPSA) is 43.4 Å². The molecule has 3 nitrogen and oxygen atoms in total. The normalized spacial score (nSPS) is 11.8. The molecule has 1 heterocycles. The largest absolute Gasteiger partial charge is 0.454 e. The summed E-state index contributed by atoms with van der Waals surface area (Å²) in [6.07, 6.45) is -0.391. The molecule has 3 rings (SSSR count). The van der Waals surface area contributed by atoms with Gasteiger partial charge in [-0.3, -0.25) is 4.79 Å². The second-order valence-electron chi connectivity index (χ2n) is 5.81. The van der Waals surface area contributed by atoms with Crippen molar-refractivity contribution >= 4 is 23.1 Å². The van der Waals surface area contributed by atoms with Crippen molar-refractivity contribution in [1.29, 1.82) is 0 Å². The van der Waals surface area contributed by atoms with Gasteiger partial charge in [-0.15, -0.1) is 11.3 Å². The number of carbonyl (C=O) groups is 2. The van der Waals surface area contributed by atoms with Crippen molar-refractivity contribution in [3.8, 4) is 0 Å². The first-order valence-corrected chi connectivity index (χ1v) is 8.89. The quantitative estimate of drug-likeness (QED) is 0.469. The molecule has 0 aliphatic rings. The second-order valence-corrected chi connectivity index (χ2v) is 6.76. The maximum Gasteiger partial charge on any atom is 0.339 e. The Labute approximate surface area is 150 Å². The van der Waals surface area contributed by atoms with Crippen molar-refractivity contribution < 1.29 is 14.3 Å². The number of carbonyl (C=O) groups excluding carboxylic acids is 2. The monoisotopic (exact) mass is 350 g/mol. The van der Waals surface area contributed by atoms with Crippen LogP contribution in [0.2, 0.25) is 0 Å². The lowest BCUT2D eigenvalue weighted by molar-refractivity contribution is 0.0335. The molecule has 3 aromatic rings. The van der Waals surface area contributed by atoms with Crippen molar-refractivity contribution in [2.75, 3.05) is 0 Å². The number of benzene rings is 2. The smallest absolute Gasteiger partial charge is 0.339 e. The number of hydrogen-bond acceptors (Lipinski definition) is 4. The number of rotatable bonds is 5. The molecule has 0 aliphatic carbocycles. The molecule has 0 spiro atoms. The highest BCUT2D eigenvalue weighted by molar-refractivity contribution is 7.12. The number of ketones is 1. The predicted molar refractivity (Wildman–Crippen MR) is 99.2 cm³/mol. The zero-order chi connectivity index (χ0) is 17.8. The standard InChI is InChI=1S/C21H18O3S/c1-14-9-11-16(12-10-14)15(2)24-21(23)18-7-4-3-6-17(18)20(22)19-8-5-13-25-19/h3-13,15H,1-2H3. The van der Waals surface area contributed by atoms with Crippen LogP contribution in [-0.2, 0) is 4.74 Å². The van der Waals surface area contributed by atoms with Gasteiger partial charge >= 0.3 is 5.97 Å². The van der Waals surface area contributed by atoms with Crippen LogP contribution in [0.3, 0.4) is 0 Å². The van der Waals surface area contributed by atoms with E-state index in [0.29, 0.717) is 16.0 Å². The highest BCUT2D eigenvalue weighted by atomic mass is 32.1. The average molecular weight is 350 g/mol. The van der Waals surface area contributed by atoms with Crippen LogP contribution < -0.4 is 0 Å². The number of ether oxygens (including phenoxy) is 1. The van der Waals surface area contributed by atoms with E-state index in [4.69, 9.17) is 4.74 Å². The van der Waals surface area contributed by atoms with Gasteiger partial charge in [0.2, 0.25) is 5.78 Å². The van der Waals surface area contributed by atoms with Gasteiger partial charge in [0.15, 0.2) is 0 Å². The van der Waals surface area contributed by atoms with Crippen LogP contribution in [0.15, 0.2) is 66.0 Å². The molecule has 0 saturated carbocycles. The Morgan fingerprint density at radius 1 is 0.920 bits per heavy atom. The lowest BCUT2D eigenvalue weighted by Gasteiger charge is -2.15. The van der Waals surface area contributed by atoms with Gasteiger partial charge in [0, 0.05) is 5.56 Å². The molecule has 1 atom stereocenters. The average Bonchev–Trinajstić information content (AvgIpc) is 3.16. The van der Waals surface area contributed by atoms with E-state index in [9.17, 15) is 9.59 Å². The first-order valence-electron chi connectivity index (χ1n) is 8.01. The minimum Gasteiger partial charge on any atom is -0.454 e. The summed E-state index contributed by atoms with van der Waals surface area (Å²) in [5.41, 5.74) is 2.72. The molecule has 0 fully saturated rings.